The van der Waals surface area contributed by atoms with Crippen molar-refractivity contribution in [1.29, 1.82) is 0 Å². The summed E-state index contributed by atoms with van der Waals surface area (Å²) in [5.41, 5.74) is 7.29. The highest BCUT2D eigenvalue weighted by molar-refractivity contribution is 9.10. The number of aromatic nitrogens is 1. The van der Waals surface area contributed by atoms with Crippen molar-refractivity contribution in [2.75, 3.05) is 12.5 Å². The lowest BCUT2D eigenvalue weighted by Crippen LogP contribution is -2.25. The molecule has 3 rings (SSSR count). The van der Waals surface area contributed by atoms with Crippen LogP contribution in [0.3, 0.4) is 0 Å². The number of nitrogens with one attached hydrogen (secondary N) is 2. The molecule has 0 bridgehead atoms. The molecule has 0 unspecified atom stereocenters. The van der Waals surface area contributed by atoms with Crippen molar-refractivity contribution in [1.82, 2.24) is 10.4 Å². The number of halogens is 1. The number of carbonyl (C=O) groups excluding carboxylic acids is 1. The smallest absolute Gasteiger partial charge is 0.294 e. The van der Waals surface area contributed by atoms with Gasteiger partial charge in [0, 0.05) is 22.3 Å². The van der Waals surface area contributed by atoms with Gasteiger partial charge in [-0.15, -0.1) is 0 Å². The first-order valence-corrected chi connectivity index (χ1v) is 7.45. The minimum absolute atomic E-state index is 0.192. The van der Waals surface area contributed by atoms with E-state index in [2.05, 4.69) is 42.0 Å². The van der Waals surface area contributed by atoms with Crippen molar-refractivity contribution in [3.05, 3.63) is 52.6 Å². The van der Waals surface area contributed by atoms with Gasteiger partial charge in [-0.05, 0) is 24.3 Å². The maximum Gasteiger partial charge on any atom is 0.294 e. The van der Waals surface area contributed by atoms with Crippen molar-refractivity contribution in [3.63, 3.8) is 0 Å². The highest BCUT2D eigenvalue weighted by Crippen LogP contribution is 2.16. The first-order valence-electron chi connectivity index (χ1n) is 6.65. The van der Waals surface area contributed by atoms with Crippen LogP contribution >= 0.6 is 15.9 Å². The first kappa shape index (κ1) is 15.2. The molecule has 1 aromatic heterocycles. The van der Waals surface area contributed by atoms with Crippen LogP contribution in [-0.4, -0.2) is 29.4 Å². The van der Waals surface area contributed by atoms with E-state index in [1.54, 1.807) is 18.3 Å². The highest BCUT2D eigenvalue weighted by Gasteiger charge is 2.26. The second-order valence-corrected chi connectivity index (χ2v) is 5.49. The Morgan fingerprint density at radius 3 is 2.87 bits per heavy atom. The van der Waals surface area contributed by atoms with Crippen molar-refractivity contribution >= 4 is 38.9 Å². The van der Waals surface area contributed by atoms with Crippen LogP contribution in [0.15, 0.2) is 57.3 Å². The van der Waals surface area contributed by atoms with Gasteiger partial charge in [0.1, 0.15) is 5.71 Å². The van der Waals surface area contributed by atoms with Crippen LogP contribution in [0.5, 0.6) is 5.88 Å². The van der Waals surface area contributed by atoms with E-state index in [4.69, 9.17) is 4.74 Å². The zero-order valence-electron chi connectivity index (χ0n) is 12.1. The molecule has 0 atom stereocenters. The molecule has 0 aliphatic carbocycles. The summed E-state index contributed by atoms with van der Waals surface area (Å²) in [6, 6.07) is 10.9. The summed E-state index contributed by atoms with van der Waals surface area (Å²) in [7, 11) is 1.54. The predicted molar refractivity (Wildman–Crippen MR) is 90.7 cm³/mol. The number of anilines is 1. The Bertz CT molecular complexity index is 802. The largest absolute Gasteiger partial charge is 0.481 e. The van der Waals surface area contributed by atoms with Crippen molar-refractivity contribution in [2.45, 2.75) is 0 Å². The summed E-state index contributed by atoms with van der Waals surface area (Å²) < 4.78 is 5.92. The van der Waals surface area contributed by atoms with E-state index in [0.29, 0.717) is 17.2 Å². The number of nitrogens with zero attached hydrogens (tertiary/aromatic N) is 3. The topological polar surface area (TPSA) is 88.0 Å². The molecular weight excluding hydrogens is 362 g/mol. The van der Waals surface area contributed by atoms with Crippen LogP contribution in [0.1, 0.15) is 5.56 Å². The average Bonchev–Trinajstić information content (AvgIpc) is 2.94. The van der Waals surface area contributed by atoms with Gasteiger partial charge in [0.15, 0.2) is 5.71 Å². The third-order valence-electron chi connectivity index (χ3n) is 3.05. The van der Waals surface area contributed by atoms with Gasteiger partial charge in [-0.2, -0.15) is 10.2 Å². The zero-order chi connectivity index (χ0) is 16.2. The quantitative estimate of drug-likeness (QED) is 0.803. The Morgan fingerprint density at radius 2 is 2.17 bits per heavy atom. The number of rotatable bonds is 4. The molecule has 116 valence electrons. The summed E-state index contributed by atoms with van der Waals surface area (Å²) in [6.45, 7) is 0. The molecule has 1 aliphatic rings. The molecule has 0 radical (unpaired) electrons. The monoisotopic (exact) mass is 373 g/mol. The number of hydrazone groups is 2. The number of pyridine rings is 1. The first-order chi connectivity index (χ1) is 11.2. The van der Waals surface area contributed by atoms with Crippen LogP contribution in [0.4, 0.5) is 5.69 Å². The van der Waals surface area contributed by atoms with Gasteiger partial charge < -0.3 is 4.74 Å². The van der Waals surface area contributed by atoms with E-state index in [1.165, 1.54) is 7.11 Å². The van der Waals surface area contributed by atoms with Gasteiger partial charge in [0.2, 0.25) is 5.88 Å². The number of methoxy groups -OCH3 is 1. The minimum Gasteiger partial charge on any atom is -0.481 e. The standard InChI is InChI=1S/C15H12BrN5O2/c1-23-12-6-5-9(8-17-12)13-14(15(22)21-19-13)20-18-11-4-2-3-10(16)7-11/h2-8,18H,1H3,(H,20,21,22). The fourth-order valence-electron chi connectivity index (χ4n) is 1.94. The van der Waals surface area contributed by atoms with Gasteiger partial charge in [0.05, 0.1) is 12.8 Å². The summed E-state index contributed by atoms with van der Waals surface area (Å²) in [5.74, 6) is 0.107. The molecular formula is C15H12BrN5O2. The Labute approximate surface area is 140 Å². The third-order valence-corrected chi connectivity index (χ3v) is 3.54. The molecule has 1 amide bonds. The maximum absolute atomic E-state index is 11.9. The Kier molecular flexibility index (Phi) is 4.33. The molecule has 2 heterocycles. The highest BCUT2D eigenvalue weighted by atomic mass is 79.9. The zero-order valence-corrected chi connectivity index (χ0v) is 13.7. The molecule has 1 aliphatic heterocycles. The molecule has 23 heavy (non-hydrogen) atoms. The Morgan fingerprint density at radius 1 is 1.30 bits per heavy atom. The predicted octanol–water partition coefficient (Wildman–Crippen LogP) is 2.15. The van der Waals surface area contributed by atoms with Crippen molar-refractivity contribution < 1.29 is 9.53 Å². The fraction of sp³-hybridized carbons (Fsp3) is 0.0667. The lowest BCUT2D eigenvalue weighted by atomic mass is 10.1. The number of hydrogen-bond donors (Lipinski definition) is 2. The number of hydrogen-bond acceptors (Lipinski definition) is 6. The summed E-state index contributed by atoms with van der Waals surface area (Å²) >= 11 is 3.38. The molecule has 0 saturated carbocycles. The van der Waals surface area contributed by atoms with E-state index >= 15 is 0 Å². The molecule has 0 fully saturated rings. The Balaban J connectivity index is 1.85. The average molecular weight is 374 g/mol. The number of ether oxygens (including phenoxy) is 1. The van der Waals surface area contributed by atoms with Crippen LogP contribution in [0.25, 0.3) is 0 Å². The van der Waals surface area contributed by atoms with Crippen LogP contribution in [0.2, 0.25) is 0 Å². The van der Waals surface area contributed by atoms with Gasteiger partial charge in [-0.3, -0.25) is 10.2 Å². The molecule has 1 aromatic carbocycles. The van der Waals surface area contributed by atoms with Crippen LogP contribution < -0.4 is 15.6 Å². The normalized spacial score (nSPS) is 15.3. The van der Waals surface area contributed by atoms with Gasteiger partial charge in [-0.25, -0.2) is 10.4 Å². The van der Waals surface area contributed by atoms with Crippen LogP contribution in [-0.2, 0) is 4.79 Å². The van der Waals surface area contributed by atoms with Crippen molar-refractivity contribution in [3.8, 4) is 5.88 Å². The number of benzene rings is 1. The van der Waals surface area contributed by atoms with E-state index < -0.39 is 0 Å². The second-order valence-electron chi connectivity index (χ2n) is 4.57. The van der Waals surface area contributed by atoms with Crippen LogP contribution in [0, 0.1) is 0 Å². The fourth-order valence-corrected chi connectivity index (χ4v) is 2.34. The summed E-state index contributed by atoms with van der Waals surface area (Å²) in [4.78, 5) is 16.0. The number of amides is 1. The molecule has 7 nitrogen and oxygen atoms in total. The van der Waals surface area contributed by atoms with Gasteiger partial charge in [-0.1, -0.05) is 22.0 Å². The SMILES string of the molecule is COc1ccc(C2=NNC(=O)/C2=N/Nc2cccc(Br)c2)cn1. The number of carbonyl (C=O) groups is 1. The van der Waals surface area contributed by atoms with E-state index in [1.807, 2.05) is 24.3 Å². The molecule has 0 spiro atoms. The summed E-state index contributed by atoms with van der Waals surface area (Å²) in [5, 5.41) is 8.17. The van der Waals surface area contributed by atoms with E-state index in [-0.39, 0.29) is 11.6 Å². The van der Waals surface area contributed by atoms with Crippen molar-refractivity contribution in [2.24, 2.45) is 10.2 Å². The maximum atomic E-state index is 11.9. The van der Waals surface area contributed by atoms with Gasteiger partial charge in [0.25, 0.3) is 5.91 Å². The van der Waals surface area contributed by atoms with E-state index in [0.717, 1.165) is 10.2 Å². The summed E-state index contributed by atoms with van der Waals surface area (Å²) in [6.07, 6.45) is 1.58. The molecule has 8 heteroatoms. The second kappa shape index (κ2) is 6.57. The molecule has 2 aromatic rings. The Hall–Kier alpha value is -2.74. The van der Waals surface area contributed by atoms with Gasteiger partial charge >= 0.3 is 0 Å². The molecule has 2 N–H and O–H groups in total. The lowest BCUT2D eigenvalue weighted by molar-refractivity contribution is -0.114. The molecule has 0 saturated heterocycles. The lowest BCUT2D eigenvalue weighted by Gasteiger charge is -2.04. The van der Waals surface area contributed by atoms with E-state index in [9.17, 15) is 4.79 Å². The third kappa shape index (κ3) is 3.37. The minimum atomic E-state index is -0.377.